The minimum atomic E-state index is -0.418. The van der Waals surface area contributed by atoms with Gasteiger partial charge >= 0.3 is 0 Å². The van der Waals surface area contributed by atoms with E-state index < -0.39 is 5.41 Å². The standard InChI is InChI=1S/C52H29N3O2/c1-6-16-41-33(11-1)34-12-2-7-17-42(34)52(41)43-18-8-3-13-35(43)38-27-30(21-24-44(38)52)49-53-50(31-22-25-47-39(28-31)36-14-4-9-19-45(36)56-47)55-51(54-49)32-23-26-48-40(29-32)37-15-5-10-20-46(37)57-48/h1-29H. The van der Waals surface area contributed by atoms with Gasteiger partial charge in [-0.2, -0.15) is 0 Å². The lowest BCUT2D eigenvalue weighted by molar-refractivity contribution is 0.668. The van der Waals surface area contributed by atoms with Gasteiger partial charge in [-0.3, -0.25) is 0 Å². The zero-order chi connectivity index (χ0) is 37.2. The smallest absolute Gasteiger partial charge is 0.164 e. The molecule has 0 atom stereocenters. The van der Waals surface area contributed by atoms with Gasteiger partial charge < -0.3 is 8.83 Å². The van der Waals surface area contributed by atoms with Crippen LogP contribution in [-0.4, -0.2) is 15.0 Å². The molecule has 1 spiro atoms. The number of rotatable bonds is 3. The predicted molar refractivity (Wildman–Crippen MR) is 227 cm³/mol. The Kier molecular flexibility index (Phi) is 6.04. The largest absolute Gasteiger partial charge is 0.456 e. The Balaban J connectivity index is 1.04. The number of aromatic nitrogens is 3. The fraction of sp³-hybridized carbons (Fsp3) is 0.0192. The Morgan fingerprint density at radius 3 is 1.18 bits per heavy atom. The lowest BCUT2D eigenvalue weighted by atomic mass is 9.70. The molecule has 3 heterocycles. The third kappa shape index (κ3) is 4.15. The van der Waals surface area contributed by atoms with Crippen molar-refractivity contribution in [2.75, 3.05) is 0 Å². The topological polar surface area (TPSA) is 65.0 Å². The molecular formula is C52H29N3O2. The Morgan fingerprint density at radius 1 is 0.298 bits per heavy atom. The molecule has 264 valence electrons. The first-order valence-electron chi connectivity index (χ1n) is 19.3. The normalized spacial score (nSPS) is 13.4. The number of hydrogen-bond acceptors (Lipinski definition) is 5. The van der Waals surface area contributed by atoms with Crippen LogP contribution in [0, 0.1) is 0 Å². The lowest BCUT2D eigenvalue weighted by Gasteiger charge is -2.30. The molecule has 0 saturated heterocycles. The molecule has 0 fully saturated rings. The minimum Gasteiger partial charge on any atom is -0.456 e. The Morgan fingerprint density at radius 2 is 0.667 bits per heavy atom. The molecule has 0 amide bonds. The Bertz CT molecular complexity index is 3320. The van der Waals surface area contributed by atoms with Gasteiger partial charge in [-0.1, -0.05) is 121 Å². The van der Waals surface area contributed by atoms with E-state index in [-0.39, 0.29) is 0 Å². The van der Waals surface area contributed by atoms with Crippen molar-refractivity contribution < 1.29 is 8.83 Å². The molecule has 0 N–H and O–H groups in total. The molecule has 5 nitrogen and oxygen atoms in total. The highest BCUT2D eigenvalue weighted by Crippen LogP contribution is 2.62. The first-order chi connectivity index (χ1) is 28.2. The summed E-state index contributed by atoms with van der Waals surface area (Å²) in [5.41, 5.74) is 15.8. The van der Waals surface area contributed by atoms with E-state index in [2.05, 4.69) is 115 Å². The van der Waals surface area contributed by atoms with Crippen molar-refractivity contribution in [3.05, 3.63) is 198 Å². The molecule has 2 aliphatic rings. The van der Waals surface area contributed by atoms with Gasteiger partial charge in [0, 0.05) is 38.2 Å². The molecule has 13 rings (SSSR count). The summed E-state index contributed by atoms with van der Waals surface area (Å²) in [4.78, 5) is 15.7. The van der Waals surface area contributed by atoms with Crippen LogP contribution in [0.3, 0.4) is 0 Å². The summed E-state index contributed by atoms with van der Waals surface area (Å²) >= 11 is 0. The highest BCUT2D eigenvalue weighted by molar-refractivity contribution is 6.07. The van der Waals surface area contributed by atoms with Gasteiger partial charge in [0.25, 0.3) is 0 Å². The number of fused-ring (bicyclic) bond motifs is 16. The van der Waals surface area contributed by atoms with E-state index >= 15 is 0 Å². The van der Waals surface area contributed by atoms with Gasteiger partial charge in [-0.25, -0.2) is 15.0 Å². The van der Waals surface area contributed by atoms with Crippen LogP contribution in [0.1, 0.15) is 22.3 Å². The molecule has 5 heteroatoms. The van der Waals surface area contributed by atoms with E-state index in [1.807, 2.05) is 60.7 Å². The third-order valence-corrected chi connectivity index (χ3v) is 12.2. The summed E-state index contributed by atoms with van der Waals surface area (Å²) in [6, 6.07) is 62.1. The van der Waals surface area contributed by atoms with E-state index in [4.69, 9.17) is 23.8 Å². The van der Waals surface area contributed by atoms with Crippen molar-refractivity contribution in [3.8, 4) is 56.4 Å². The van der Waals surface area contributed by atoms with Crippen molar-refractivity contribution >= 4 is 43.9 Å². The van der Waals surface area contributed by atoms with Crippen molar-refractivity contribution in [2.24, 2.45) is 0 Å². The van der Waals surface area contributed by atoms with Gasteiger partial charge in [0.1, 0.15) is 22.3 Å². The zero-order valence-electron chi connectivity index (χ0n) is 30.4. The molecule has 0 saturated carbocycles. The van der Waals surface area contributed by atoms with Crippen LogP contribution in [0.25, 0.3) is 100 Å². The summed E-state index contributed by atoms with van der Waals surface area (Å²) in [5, 5.41) is 4.16. The van der Waals surface area contributed by atoms with Crippen molar-refractivity contribution in [1.29, 1.82) is 0 Å². The van der Waals surface area contributed by atoms with Gasteiger partial charge in [0.2, 0.25) is 0 Å². The van der Waals surface area contributed by atoms with Crippen LogP contribution in [0.4, 0.5) is 0 Å². The maximum atomic E-state index is 6.19. The van der Waals surface area contributed by atoms with Crippen LogP contribution in [0.15, 0.2) is 185 Å². The van der Waals surface area contributed by atoms with Gasteiger partial charge in [-0.15, -0.1) is 0 Å². The summed E-state index contributed by atoms with van der Waals surface area (Å²) < 4.78 is 12.4. The molecule has 57 heavy (non-hydrogen) atoms. The van der Waals surface area contributed by atoms with Crippen LogP contribution < -0.4 is 0 Å². The fourth-order valence-electron chi connectivity index (χ4n) is 9.73. The van der Waals surface area contributed by atoms with Crippen molar-refractivity contribution in [1.82, 2.24) is 15.0 Å². The zero-order valence-corrected chi connectivity index (χ0v) is 30.4. The molecule has 2 aliphatic carbocycles. The number of nitrogens with zero attached hydrogens (tertiary/aromatic N) is 3. The molecule has 3 aromatic heterocycles. The molecule has 0 bridgehead atoms. The number of hydrogen-bond donors (Lipinski definition) is 0. The van der Waals surface area contributed by atoms with Crippen LogP contribution in [0.5, 0.6) is 0 Å². The summed E-state index contributed by atoms with van der Waals surface area (Å²) in [5.74, 6) is 1.79. The van der Waals surface area contributed by atoms with E-state index in [0.29, 0.717) is 17.5 Å². The van der Waals surface area contributed by atoms with Crippen molar-refractivity contribution in [2.45, 2.75) is 5.41 Å². The Hall–Kier alpha value is -7.63. The highest BCUT2D eigenvalue weighted by atomic mass is 16.3. The first-order valence-corrected chi connectivity index (χ1v) is 19.3. The summed E-state index contributed by atoms with van der Waals surface area (Å²) in [7, 11) is 0. The van der Waals surface area contributed by atoms with Gasteiger partial charge in [0.05, 0.1) is 5.41 Å². The molecular weight excluding hydrogens is 699 g/mol. The van der Waals surface area contributed by atoms with E-state index in [0.717, 1.165) is 60.6 Å². The average Bonchev–Trinajstić information content (AvgIpc) is 4.01. The lowest BCUT2D eigenvalue weighted by Crippen LogP contribution is -2.25. The second-order valence-electron chi connectivity index (χ2n) is 15.1. The van der Waals surface area contributed by atoms with Gasteiger partial charge in [-0.05, 0) is 99.1 Å². The monoisotopic (exact) mass is 727 g/mol. The summed E-state index contributed by atoms with van der Waals surface area (Å²) in [6.45, 7) is 0. The average molecular weight is 728 g/mol. The van der Waals surface area contributed by atoms with Gasteiger partial charge in [0.15, 0.2) is 17.5 Å². The number of furan rings is 2. The molecule has 11 aromatic rings. The minimum absolute atomic E-state index is 0.418. The van der Waals surface area contributed by atoms with Crippen LogP contribution >= 0.6 is 0 Å². The van der Waals surface area contributed by atoms with E-state index in [1.54, 1.807) is 0 Å². The Labute approximate surface area is 326 Å². The molecule has 0 unspecified atom stereocenters. The van der Waals surface area contributed by atoms with E-state index in [1.165, 1.54) is 44.5 Å². The number of para-hydroxylation sites is 2. The van der Waals surface area contributed by atoms with Crippen LogP contribution in [0.2, 0.25) is 0 Å². The number of benzene rings is 8. The molecule has 0 radical (unpaired) electrons. The summed E-state index contributed by atoms with van der Waals surface area (Å²) in [6.07, 6.45) is 0. The second-order valence-corrected chi connectivity index (χ2v) is 15.1. The first kappa shape index (κ1) is 30.7. The highest BCUT2D eigenvalue weighted by Gasteiger charge is 2.51. The maximum Gasteiger partial charge on any atom is 0.164 e. The second kappa shape index (κ2) is 11.2. The fourth-order valence-corrected chi connectivity index (χ4v) is 9.73. The molecule has 8 aromatic carbocycles. The third-order valence-electron chi connectivity index (χ3n) is 12.2. The predicted octanol–water partition coefficient (Wildman–Crippen LogP) is 13.0. The van der Waals surface area contributed by atoms with E-state index in [9.17, 15) is 0 Å². The quantitative estimate of drug-likeness (QED) is 0.181. The van der Waals surface area contributed by atoms with Crippen molar-refractivity contribution in [3.63, 3.8) is 0 Å². The SMILES string of the molecule is c1ccc2c(c1)-c1ccccc1C21c2ccccc2-c2cc(-c3nc(-c4ccc5oc6ccccc6c5c4)nc(-c4ccc5oc6ccccc6c5c4)n3)ccc21. The van der Waals surface area contributed by atoms with Crippen LogP contribution in [-0.2, 0) is 5.41 Å². The molecule has 0 aliphatic heterocycles. The maximum absolute atomic E-state index is 6.19.